The summed E-state index contributed by atoms with van der Waals surface area (Å²) in [6, 6.07) is 4.69. The summed E-state index contributed by atoms with van der Waals surface area (Å²) in [7, 11) is 0. The maximum absolute atomic E-state index is 11.9. The Morgan fingerprint density at radius 3 is 2.36 bits per heavy atom. The molecule has 0 N–H and O–H groups in total. The molecule has 0 heterocycles. The van der Waals surface area contributed by atoms with Crippen molar-refractivity contribution in [2.45, 2.75) is 6.18 Å². The predicted molar refractivity (Wildman–Crippen MR) is 42.6 cm³/mol. The Kier molecular flexibility index (Phi) is 2.73. The minimum atomic E-state index is -4.55. The number of hydrogen-bond donors (Lipinski definition) is 0. The van der Waals surface area contributed by atoms with Gasteiger partial charge in [0.25, 0.3) is 5.69 Å². The molecule has 0 aromatic heterocycles. The van der Waals surface area contributed by atoms with Gasteiger partial charge in [0.1, 0.15) is 6.42 Å². The highest BCUT2D eigenvalue weighted by molar-refractivity contribution is 5.45. The fourth-order valence-electron chi connectivity index (χ4n) is 0.952. The Morgan fingerprint density at radius 1 is 1.29 bits per heavy atom. The molecule has 0 atom stereocenters. The van der Waals surface area contributed by atoms with Gasteiger partial charge in [0, 0.05) is 11.6 Å². The van der Waals surface area contributed by atoms with Gasteiger partial charge in [0.05, 0.1) is 4.92 Å². The van der Waals surface area contributed by atoms with E-state index in [-0.39, 0.29) is 6.42 Å². The topological polar surface area (TPSA) is 43.1 Å². The van der Waals surface area contributed by atoms with Gasteiger partial charge in [-0.2, -0.15) is 13.2 Å². The normalized spacial score (nSPS) is 11.4. The van der Waals surface area contributed by atoms with Crippen LogP contribution in [0.25, 0.3) is 0 Å². The van der Waals surface area contributed by atoms with Gasteiger partial charge >= 0.3 is 6.18 Å². The van der Waals surface area contributed by atoms with E-state index in [2.05, 4.69) is 0 Å². The molecule has 1 rings (SSSR count). The lowest BCUT2D eigenvalue weighted by molar-refractivity contribution is -0.385. The van der Waals surface area contributed by atoms with Crippen molar-refractivity contribution in [3.63, 3.8) is 0 Å². The molecular weight excluding hydrogens is 199 g/mol. The average molecular weight is 204 g/mol. The van der Waals surface area contributed by atoms with Crippen molar-refractivity contribution in [1.29, 1.82) is 0 Å². The van der Waals surface area contributed by atoms with E-state index in [0.717, 1.165) is 12.1 Å². The van der Waals surface area contributed by atoms with Crippen LogP contribution in [0, 0.1) is 16.5 Å². The molecule has 0 aliphatic rings. The summed E-state index contributed by atoms with van der Waals surface area (Å²) in [5.74, 6) is 0. The van der Waals surface area contributed by atoms with Gasteiger partial charge in [-0.05, 0) is 0 Å². The number of rotatable bonds is 2. The number of nitro groups is 1. The van der Waals surface area contributed by atoms with Crippen molar-refractivity contribution in [2.24, 2.45) is 0 Å². The van der Waals surface area contributed by atoms with E-state index in [4.69, 9.17) is 0 Å². The number of alkyl halides is 3. The average Bonchev–Trinajstić information content (AvgIpc) is 2.01. The van der Waals surface area contributed by atoms with E-state index in [1.807, 2.05) is 0 Å². The predicted octanol–water partition coefficient (Wildman–Crippen LogP) is 2.71. The number of hydrogen-bond acceptors (Lipinski definition) is 2. The molecule has 0 bridgehead atoms. The first kappa shape index (κ1) is 10.5. The smallest absolute Gasteiger partial charge is 0.258 e. The van der Waals surface area contributed by atoms with Gasteiger partial charge in [-0.25, -0.2) is 0 Å². The van der Waals surface area contributed by atoms with Crippen molar-refractivity contribution in [3.05, 3.63) is 46.4 Å². The van der Waals surface area contributed by atoms with Crippen LogP contribution in [0.5, 0.6) is 0 Å². The summed E-state index contributed by atoms with van der Waals surface area (Å²) in [6.07, 6.45) is -4.64. The van der Waals surface area contributed by atoms with E-state index < -0.39 is 22.4 Å². The fraction of sp³-hybridized carbons (Fsp3) is 0.125. The molecule has 0 amide bonds. The Labute approximate surface area is 77.3 Å². The molecule has 6 heteroatoms. The minimum Gasteiger partial charge on any atom is -0.258 e. The van der Waals surface area contributed by atoms with E-state index in [1.54, 1.807) is 0 Å². The first-order valence-electron chi connectivity index (χ1n) is 3.56. The van der Waals surface area contributed by atoms with Gasteiger partial charge < -0.3 is 0 Å². The Morgan fingerprint density at radius 2 is 1.86 bits per heavy atom. The maximum atomic E-state index is 11.9. The molecule has 75 valence electrons. The quantitative estimate of drug-likeness (QED) is 0.549. The lowest BCUT2D eigenvalue weighted by Crippen LogP contribution is -2.10. The highest BCUT2D eigenvalue weighted by Crippen LogP contribution is 2.28. The number of benzene rings is 1. The zero-order valence-electron chi connectivity index (χ0n) is 6.78. The van der Waals surface area contributed by atoms with Gasteiger partial charge in [-0.1, -0.05) is 18.2 Å². The lowest BCUT2D eigenvalue weighted by atomic mass is 10.1. The summed E-state index contributed by atoms with van der Waals surface area (Å²) < 4.78 is 35.7. The van der Waals surface area contributed by atoms with Crippen LogP contribution in [0.15, 0.2) is 24.3 Å². The van der Waals surface area contributed by atoms with E-state index >= 15 is 0 Å². The molecule has 3 nitrogen and oxygen atoms in total. The summed E-state index contributed by atoms with van der Waals surface area (Å²) in [4.78, 5) is 9.48. The summed E-state index contributed by atoms with van der Waals surface area (Å²) in [5, 5.41) is 10.3. The van der Waals surface area contributed by atoms with E-state index in [9.17, 15) is 23.3 Å². The molecular formula is C8H5F3NO2. The van der Waals surface area contributed by atoms with Crippen LogP contribution < -0.4 is 0 Å². The van der Waals surface area contributed by atoms with Crippen molar-refractivity contribution in [2.75, 3.05) is 0 Å². The monoisotopic (exact) mass is 204 g/mol. The third-order valence-electron chi connectivity index (χ3n) is 1.45. The van der Waals surface area contributed by atoms with E-state index in [1.165, 1.54) is 12.1 Å². The van der Waals surface area contributed by atoms with Crippen LogP contribution >= 0.6 is 0 Å². The van der Waals surface area contributed by atoms with Crippen molar-refractivity contribution in [1.82, 2.24) is 0 Å². The van der Waals surface area contributed by atoms with Crippen LogP contribution in [-0.2, 0) is 0 Å². The van der Waals surface area contributed by atoms with Gasteiger partial charge in [-0.3, -0.25) is 10.1 Å². The van der Waals surface area contributed by atoms with Gasteiger partial charge in [0.2, 0.25) is 0 Å². The SMILES string of the molecule is O=[N+]([O-])c1ccccc1[CH]C(F)(F)F. The Balaban J connectivity index is 3.02. The number of para-hydroxylation sites is 1. The summed E-state index contributed by atoms with van der Waals surface area (Å²) in [5.41, 5.74) is -0.991. The Bertz CT molecular complexity index is 349. The molecule has 14 heavy (non-hydrogen) atoms. The van der Waals surface area contributed by atoms with Gasteiger partial charge in [-0.15, -0.1) is 0 Å². The van der Waals surface area contributed by atoms with Crippen molar-refractivity contribution in [3.8, 4) is 0 Å². The molecule has 0 saturated carbocycles. The molecule has 0 spiro atoms. The second kappa shape index (κ2) is 3.65. The van der Waals surface area contributed by atoms with Crippen LogP contribution in [-0.4, -0.2) is 11.1 Å². The Hall–Kier alpha value is -1.59. The van der Waals surface area contributed by atoms with Crippen LogP contribution in [0.2, 0.25) is 0 Å². The van der Waals surface area contributed by atoms with Crippen molar-refractivity contribution >= 4 is 5.69 Å². The lowest BCUT2D eigenvalue weighted by Gasteiger charge is -2.05. The zero-order chi connectivity index (χ0) is 10.8. The maximum Gasteiger partial charge on any atom is 0.396 e. The second-order valence-corrected chi connectivity index (χ2v) is 2.50. The van der Waals surface area contributed by atoms with Crippen LogP contribution in [0.4, 0.5) is 18.9 Å². The third-order valence-corrected chi connectivity index (χ3v) is 1.45. The van der Waals surface area contributed by atoms with Gasteiger partial charge in [0.15, 0.2) is 0 Å². The zero-order valence-corrected chi connectivity index (χ0v) is 6.78. The molecule has 1 aromatic carbocycles. The highest BCUT2D eigenvalue weighted by atomic mass is 19.4. The molecule has 0 saturated heterocycles. The molecule has 1 radical (unpaired) electrons. The van der Waals surface area contributed by atoms with Crippen LogP contribution in [0.3, 0.4) is 0 Å². The highest BCUT2D eigenvalue weighted by Gasteiger charge is 2.31. The second-order valence-electron chi connectivity index (χ2n) is 2.50. The molecule has 0 aliphatic carbocycles. The minimum absolute atomic E-state index is 0.0921. The fourth-order valence-corrected chi connectivity index (χ4v) is 0.952. The standard InChI is InChI=1S/C8H5F3NO2/c9-8(10,11)5-6-3-1-2-4-7(6)12(13)14/h1-5H. The number of nitro benzene ring substituents is 1. The largest absolute Gasteiger partial charge is 0.396 e. The van der Waals surface area contributed by atoms with E-state index in [0.29, 0.717) is 0 Å². The number of nitrogens with zero attached hydrogens (tertiary/aromatic N) is 1. The molecule has 0 aliphatic heterocycles. The van der Waals surface area contributed by atoms with Crippen LogP contribution in [0.1, 0.15) is 5.56 Å². The first-order chi connectivity index (χ1) is 6.40. The number of halogens is 3. The first-order valence-corrected chi connectivity index (χ1v) is 3.56. The molecule has 0 unspecified atom stereocenters. The summed E-state index contributed by atoms with van der Waals surface area (Å²) >= 11 is 0. The third kappa shape index (κ3) is 2.72. The summed E-state index contributed by atoms with van der Waals surface area (Å²) in [6.45, 7) is 0. The van der Waals surface area contributed by atoms with Crippen molar-refractivity contribution < 1.29 is 18.1 Å². The molecule has 1 aromatic rings. The molecule has 0 fully saturated rings.